The first-order valence-electron chi connectivity index (χ1n) is 8.19. The van der Waals surface area contributed by atoms with Crippen LogP contribution < -0.4 is 5.32 Å². The van der Waals surface area contributed by atoms with Gasteiger partial charge in [-0.1, -0.05) is 11.6 Å². The summed E-state index contributed by atoms with van der Waals surface area (Å²) < 4.78 is 1.76. The molecule has 2 aliphatic rings. The van der Waals surface area contributed by atoms with Gasteiger partial charge < -0.3 is 14.8 Å². The van der Waals surface area contributed by atoms with Crippen LogP contribution in [-0.2, 0) is 11.8 Å². The van der Waals surface area contributed by atoms with E-state index in [1.807, 2.05) is 11.9 Å². The highest BCUT2D eigenvalue weighted by Crippen LogP contribution is 2.18. The van der Waals surface area contributed by atoms with Gasteiger partial charge in [0.2, 0.25) is 5.91 Å². The maximum atomic E-state index is 12.6. The zero-order valence-corrected chi connectivity index (χ0v) is 14.2. The SMILES string of the molecule is Cn1cc(Cl)cc1C(=O)N1CCN(C2CCCCNC2=O)CC1. The third kappa shape index (κ3) is 3.53. The van der Waals surface area contributed by atoms with Crippen LogP contribution in [0, 0.1) is 0 Å². The molecule has 0 spiro atoms. The predicted octanol–water partition coefficient (Wildman–Crippen LogP) is 1.10. The molecule has 7 heteroatoms. The highest BCUT2D eigenvalue weighted by atomic mass is 35.5. The highest BCUT2D eigenvalue weighted by Gasteiger charge is 2.31. The van der Waals surface area contributed by atoms with Gasteiger partial charge in [-0.25, -0.2) is 0 Å². The molecule has 2 fully saturated rings. The summed E-state index contributed by atoms with van der Waals surface area (Å²) >= 11 is 5.96. The van der Waals surface area contributed by atoms with Crippen molar-refractivity contribution in [3.05, 3.63) is 23.0 Å². The number of hydrogen-bond acceptors (Lipinski definition) is 3. The summed E-state index contributed by atoms with van der Waals surface area (Å²) in [5.41, 5.74) is 0.607. The largest absolute Gasteiger partial charge is 0.355 e. The summed E-state index contributed by atoms with van der Waals surface area (Å²) in [6.45, 7) is 3.54. The highest BCUT2D eigenvalue weighted by molar-refractivity contribution is 6.31. The smallest absolute Gasteiger partial charge is 0.270 e. The molecule has 1 aromatic heterocycles. The number of nitrogens with one attached hydrogen (secondary N) is 1. The Morgan fingerprint density at radius 3 is 2.65 bits per heavy atom. The molecule has 1 unspecified atom stereocenters. The fourth-order valence-corrected chi connectivity index (χ4v) is 3.66. The van der Waals surface area contributed by atoms with Gasteiger partial charge in [0.05, 0.1) is 11.1 Å². The number of nitrogens with zero attached hydrogens (tertiary/aromatic N) is 3. The summed E-state index contributed by atoms with van der Waals surface area (Å²) in [6.07, 6.45) is 4.77. The topological polar surface area (TPSA) is 57.6 Å². The minimum atomic E-state index is -0.0424. The van der Waals surface area contributed by atoms with Crippen LogP contribution in [0.1, 0.15) is 29.8 Å². The Morgan fingerprint density at radius 2 is 2.00 bits per heavy atom. The number of carbonyl (C=O) groups is 2. The minimum Gasteiger partial charge on any atom is -0.355 e. The molecule has 2 amide bonds. The molecule has 0 radical (unpaired) electrons. The maximum absolute atomic E-state index is 12.6. The Hall–Kier alpha value is -1.53. The van der Waals surface area contributed by atoms with Crippen molar-refractivity contribution in [2.75, 3.05) is 32.7 Å². The van der Waals surface area contributed by atoms with Crippen molar-refractivity contribution < 1.29 is 9.59 Å². The first kappa shape index (κ1) is 16.3. The Bertz CT molecular complexity index is 593. The second-order valence-corrected chi connectivity index (χ2v) is 6.72. The average Bonchev–Trinajstić information content (AvgIpc) is 2.74. The van der Waals surface area contributed by atoms with E-state index in [0.717, 1.165) is 38.9 Å². The lowest BCUT2D eigenvalue weighted by Crippen LogP contribution is -2.55. The lowest BCUT2D eigenvalue weighted by Gasteiger charge is -2.38. The zero-order chi connectivity index (χ0) is 16.4. The molecule has 126 valence electrons. The van der Waals surface area contributed by atoms with Gasteiger partial charge in [-0.15, -0.1) is 0 Å². The maximum Gasteiger partial charge on any atom is 0.270 e. The van der Waals surface area contributed by atoms with E-state index in [9.17, 15) is 9.59 Å². The van der Waals surface area contributed by atoms with Crippen LogP contribution in [0.4, 0.5) is 0 Å². The van der Waals surface area contributed by atoms with Crippen LogP contribution in [0.3, 0.4) is 0 Å². The van der Waals surface area contributed by atoms with E-state index in [-0.39, 0.29) is 17.9 Å². The lowest BCUT2D eigenvalue weighted by atomic mass is 10.1. The van der Waals surface area contributed by atoms with Crippen LogP contribution in [0.15, 0.2) is 12.3 Å². The molecule has 6 nitrogen and oxygen atoms in total. The van der Waals surface area contributed by atoms with E-state index in [1.165, 1.54) is 0 Å². The van der Waals surface area contributed by atoms with E-state index < -0.39 is 0 Å². The van der Waals surface area contributed by atoms with Crippen molar-refractivity contribution in [1.29, 1.82) is 0 Å². The van der Waals surface area contributed by atoms with Crippen LogP contribution in [0.2, 0.25) is 5.02 Å². The Labute approximate surface area is 141 Å². The normalized spacial score (nSPS) is 23.5. The molecular weight excluding hydrogens is 316 g/mol. The van der Waals surface area contributed by atoms with Crippen molar-refractivity contribution in [2.45, 2.75) is 25.3 Å². The van der Waals surface area contributed by atoms with Crippen molar-refractivity contribution in [3.63, 3.8) is 0 Å². The van der Waals surface area contributed by atoms with E-state index >= 15 is 0 Å². The number of amides is 2. The number of carbonyl (C=O) groups excluding carboxylic acids is 2. The van der Waals surface area contributed by atoms with Gasteiger partial charge in [-0.05, 0) is 25.3 Å². The average molecular weight is 339 g/mol. The van der Waals surface area contributed by atoms with Gasteiger partial charge >= 0.3 is 0 Å². The molecule has 0 saturated carbocycles. The number of halogens is 1. The first-order valence-corrected chi connectivity index (χ1v) is 8.57. The van der Waals surface area contributed by atoms with Crippen molar-refractivity contribution in [2.24, 2.45) is 7.05 Å². The van der Waals surface area contributed by atoms with Crippen LogP contribution in [0.25, 0.3) is 0 Å². The quantitative estimate of drug-likeness (QED) is 0.878. The van der Waals surface area contributed by atoms with E-state index in [4.69, 9.17) is 11.6 Å². The van der Waals surface area contributed by atoms with Crippen molar-refractivity contribution >= 4 is 23.4 Å². The molecule has 3 rings (SSSR count). The molecule has 3 heterocycles. The Morgan fingerprint density at radius 1 is 1.26 bits per heavy atom. The predicted molar refractivity (Wildman–Crippen MR) is 88.5 cm³/mol. The van der Waals surface area contributed by atoms with Gasteiger partial charge in [0.25, 0.3) is 5.91 Å². The van der Waals surface area contributed by atoms with Crippen LogP contribution in [0.5, 0.6) is 0 Å². The zero-order valence-electron chi connectivity index (χ0n) is 13.4. The minimum absolute atomic E-state index is 0.00404. The molecule has 2 saturated heterocycles. The van der Waals surface area contributed by atoms with Crippen LogP contribution in [-0.4, -0.2) is 64.9 Å². The number of aryl methyl sites for hydroxylation is 1. The second-order valence-electron chi connectivity index (χ2n) is 6.29. The molecular formula is C16H23ClN4O2. The van der Waals surface area contributed by atoms with Gasteiger partial charge in [0.1, 0.15) is 5.69 Å². The monoisotopic (exact) mass is 338 g/mol. The third-order valence-corrected chi connectivity index (χ3v) is 4.95. The summed E-state index contributed by atoms with van der Waals surface area (Å²) in [6, 6.07) is 1.66. The number of rotatable bonds is 2. The molecule has 0 aliphatic carbocycles. The molecule has 23 heavy (non-hydrogen) atoms. The van der Waals surface area contributed by atoms with Gasteiger partial charge in [0.15, 0.2) is 0 Å². The Kier molecular flexibility index (Phi) is 4.92. The molecule has 2 aliphatic heterocycles. The fraction of sp³-hybridized carbons (Fsp3) is 0.625. The van der Waals surface area contributed by atoms with Gasteiger partial charge in [0, 0.05) is 46.0 Å². The summed E-state index contributed by atoms with van der Waals surface area (Å²) in [4.78, 5) is 28.8. The molecule has 1 atom stereocenters. The van der Waals surface area contributed by atoms with Crippen molar-refractivity contribution in [1.82, 2.24) is 19.7 Å². The number of piperazine rings is 1. The summed E-state index contributed by atoms with van der Waals surface area (Å²) in [5, 5.41) is 3.56. The number of aromatic nitrogens is 1. The van der Waals surface area contributed by atoms with E-state index in [1.54, 1.807) is 16.8 Å². The van der Waals surface area contributed by atoms with E-state index in [0.29, 0.717) is 23.8 Å². The third-order valence-electron chi connectivity index (χ3n) is 4.74. The summed E-state index contributed by atoms with van der Waals surface area (Å²) in [5.74, 6) is 0.140. The van der Waals surface area contributed by atoms with Crippen molar-refractivity contribution in [3.8, 4) is 0 Å². The molecule has 0 aromatic carbocycles. The van der Waals surface area contributed by atoms with E-state index in [2.05, 4.69) is 10.2 Å². The standard InChI is InChI=1S/C16H23ClN4O2/c1-19-11-12(17)10-14(19)16(23)21-8-6-20(7-9-21)13-4-2-3-5-18-15(13)22/h10-11,13H,2-9H2,1H3,(H,18,22). The second kappa shape index (κ2) is 6.93. The molecule has 1 N–H and O–H groups in total. The van der Waals surface area contributed by atoms with Gasteiger partial charge in [-0.2, -0.15) is 0 Å². The fourth-order valence-electron chi connectivity index (χ4n) is 3.41. The first-order chi connectivity index (χ1) is 11.1. The lowest BCUT2D eigenvalue weighted by molar-refractivity contribution is -0.126. The summed E-state index contributed by atoms with van der Waals surface area (Å²) in [7, 11) is 1.82. The van der Waals surface area contributed by atoms with Crippen LogP contribution >= 0.6 is 11.6 Å². The molecule has 1 aromatic rings. The van der Waals surface area contributed by atoms with Gasteiger partial charge in [-0.3, -0.25) is 14.5 Å². The number of hydrogen-bond donors (Lipinski definition) is 1. The molecule has 0 bridgehead atoms. The Balaban J connectivity index is 1.60.